The highest BCUT2D eigenvalue weighted by atomic mass is 19.1. The summed E-state index contributed by atoms with van der Waals surface area (Å²) in [7, 11) is 0. The van der Waals surface area contributed by atoms with Gasteiger partial charge in [-0.25, -0.2) is 4.39 Å². The molecular weight excluding hydrogens is 325 g/mol. The van der Waals surface area contributed by atoms with E-state index in [0.29, 0.717) is 24.2 Å². The van der Waals surface area contributed by atoms with Crippen molar-refractivity contribution in [3.8, 4) is 0 Å². The average molecular weight is 345 g/mol. The number of tetrazole rings is 1. The number of nitrogens with zero attached hydrogens (tertiary/aromatic N) is 4. The molecule has 7 nitrogen and oxygen atoms in total. The Morgan fingerprint density at radius 2 is 1.96 bits per heavy atom. The topological polar surface area (TPSA) is 92.9 Å². The highest BCUT2D eigenvalue weighted by Crippen LogP contribution is 2.20. The zero-order valence-electron chi connectivity index (χ0n) is 13.9. The fraction of sp³-hybridized carbons (Fsp3) is 0.412. The Morgan fingerprint density at radius 1 is 1.28 bits per heavy atom. The van der Waals surface area contributed by atoms with Crippen molar-refractivity contribution in [2.24, 2.45) is 0 Å². The van der Waals surface area contributed by atoms with Crippen LogP contribution in [0.25, 0.3) is 11.8 Å². The zero-order valence-corrected chi connectivity index (χ0v) is 13.9. The van der Waals surface area contributed by atoms with Gasteiger partial charge in [-0.1, -0.05) is 12.1 Å². The first-order chi connectivity index (χ1) is 12.0. The molecule has 2 aromatic rings. The standard InChI is InChI=1S/C17H20FN5O2/c1-11-20-21-22-23(11)16(10-12-2-4-13(18)5-3-12)17(25)19-14-6-8-15(24)9-7-14/h2-5,10,14-15,24H,6-9H2,1H3,(H,19,25). The molecular formula is C17H20FN5O2. The van der Waals surface area contributed by atoms with Crippen molar-refractivity contribution in [2.75, 3.05) is 0 Å². The summed E-state index contributed by atoms with van der Waals surface area (Å²) >= 11 is 0. The molecule has 3 rings (SSSR count). The minimum atomic E-state index is -0.345. The van der Waals surface area contributed by atoms with Gasteiger partial charge in [-0.05, 0) is 66.8 Å². The monoisotopic (exact) mass is 345 g/mol. The van der Waals surface area contributed by atoms with E-state index in [-0.39, 0.29) is 29.6 Å². The molecule has 0 saturated heterocycles. The van der Waals surface area contributed by atoms with Crippen LogP contribution in [0.4, 0.5) is 4.39 Å². The number of aryl methyl sites for hydroxylation is 1. The van der Waals surface area contributed by atoms with Crippen molar-refractivity contribution in [3.63, 3.8) is 0 Å². The Balaban J connectivity index is 1.85. The maximum atomic E-state index is 13.1. The molecule has 0 atom stereocenters. The number of aliphatic hydroxyl groups excluding tert-OH is 1. The van der Waals surface area contributed by atoms with Crippen molar-refractivity contribution in [2.45, 2.75) is 44.8 Å². The molecule has 1 heterocycles. The van der Waals surface area contributed by atoms with Crippen molar-refractivity contribution >= 4 is 17.7 Å². The van der Waals surface area contributed by atoms with Gasteiger partial charge >= 0.3 is 0 Å². The number of hydrogen-bond donors (Lipinski definition) is 2. The fourth-order valence-electron chi connectivity index (χ4n) is 2.87. The third kappa shape index (κ3) is 4.27. The molecule has 1 amide bonds. The van der Waals surface area contributed by atoms with Crippen molar-refractivity contribution in [3.05, 3.63) is 41.5 Å². The van der Waals surface area contributed by atoms with Gasteiger partial charge < -0.3 is 10.4 Å². The molecule has 1 fully saturated rings. The zero-order chi connectivity index (χ0) is 17.8. The first-order valence-electron chi connectivity index (χ1n) is 8.24. The van der Waals surface area contributed by atoms with Gasteiger partial charge in [0.25, 0.3) is 5.91 Å². The van der Waals surface area contributed by atoms with Crippen LogP contribution >= 0.6 is 0 Å². The second-order valence-electron chi connectivity index (χ2n) is 6.20. The summed E-state index contributed by atoms with van der Waals surface area (Å²) in [6.45, 7) is 1.70. The molecule has 0 aliphatic heterocycles. The Morgan fingerprint density at radius 3 is 2.56 bits per heavy atom. The molecule has 2 N–H and O–H groups in total. The van der Waals surface area contributed by atoms with Crippen molar-refractivity contribution in [1.82, 2.24) is 25.5 Å². The Kier molecular flexibility index (Phi) is 5.18. The number of halogens is 1. The van der Waals surface area contributed by atoms with Crippen LogP contribution in [0, 0.1) is 12.7 Å². The van der Waals surface area contributed by atoms with E-state index in [4.69, 9.17) is 0 Å². The Labute approximate surface area is 144 Å². The van der Waals surface area contributed by atoms with Crippen LogP contribution in [0.15, 0.2) is 24.3 Å². The molecule has 132 valence electrons. The van der Waals surface area contributed by atoms with E-state index in [2.05, 4.69) is 20.8 Å². The molecule has 0 radical (unpaired) electrons. The number of rotatable bonds is 4. The highest BCUT2D eigenvalue weighted by molar-refractivity contribution is 6.18. The van der Waals surface area contributed by atoms with E-state index >= 15 is 0 Å². The number of benzene rings is 1. The normalized spacial score (nSPS) is 21.2. The third-order valence-electron chi connectivity index (χ3n) is 4.29. The molecule has 0 unspecified atom stereocenters. The first kappa shape index (κ1) is 17.2. The van der Waals surface area contributed by atoms with Crippen molar-refractivity contribution < 1.29 is 14.3 Å². The van der Waals surface area contributed by atoms with Crippen LogP contribution in [0.2, 0.25) is 0 Å². The summed E-state index contributed by atoms with van der Waals surface area (Å²) in [6, 6.07) is 5.83. The quantitative estimate of drug-likeness (QED) is 0.820. The second kappa shape index (κ2) is 7.52. The molecule has 0 bridgehead atoms. The SMILES string of the molecule is Cc1nnnn1C(=Cc1ccc(F)cc1)C(=O)NC1CCC(O)CC1. The lowest BCUT2D eigenvalue weighted by molar-refractivity contribution is -0.117. The van der Waals surface area contributed by atoms with Gasteiger partial charge in [-0.2, -0.15) is 4.68 Å². The number of aliphatic hydroxyl groups is 1. The molecule has 1 aromatic carbocycles. The van der Waals surface area contributed by atoms with Gasteiger partial charge in [-0.3, -0.25) is 4.79 Å². The Bertz CT molecular complexity index is 764. The summed E-state index contributed by atoms with van der Waals surface area (Å²) in [4.78, 5) is 12.8. The number of carbonyl (C=O) groups excluding carboxylic acids is 1. The largest absolute Gasteiger partial charge is 0.393 e. The molecule has 1 aromatic heterocycles. The lowest BCUT2D eigenvalue weighted by Gasteiger charge is -2.26. The van der Waals surface area contributed by atoms with E-state index in [1.54, 1.807) is 25.1 Å². The van der Waals surface area contributed by atoms with E-state index in [1.165, 1.54) is 16.8 Å². The van der Waals surface area contributed by atoms with Gasteiger partial charge in [0.15, 0.2) is 5.82 Å². The number of hydrogen-bond acceptors (Lipinski definition) is 5. The lowest BCUT2D eigenvalue weighted by atomic mass is 9.93. The molecule has 0 spiro atoms. The van der Waals surface area contributed by atoms with Gasteiger partial charge in [0.1, 0.15) is 11.5 Å². The number of nitrogens with one attached hydrogen (secondary N) is 1. The molecule has 25 heavy (non-hydrogen) atoms. The molecule has 1 saturated carbocycles. The third-order valence-corrected chi connectivity index (χ3v) is 4.29. The van der Waals surface area contributed by atoms with Crippen molar-refractivity contribution in [1.29, 1.82) is 0 Å². The fourth-order valence-corrected chi connectivity index (χ4v) is 2.87. The van der Waals surface area contributed by atoms with Crippen LogP contribution in [-0.4, -0.2) is 43.4 Å². The van der Waals surface area contributed by atoms with E-state index < -0.39 is 0 Å². The molecule has 8 heteroatoms. The van der Waals surface area contributed by atoms with Gasteiger partial charge in [0.2, 0.25) is 0 Å². The molecule has 1 aliphatic rings. The Hall–Kier alpha value is -2.61. The number of aromatic nitrogens is 4. The maximum absolute atomic E-state index is 13.1. The van der Waals surface area contributed by atoms with E-state index in [9.17, 15) is 14.3 Å². The first-order valence-corrected chi connectivity index (χ1v) is 8.24. The summed E-state index contributed by atoms with van der Waals surface area (Å²) in [6.07, 6.45) is 4.13. The van der Waals surface area contributed by atoms with Gasteiger partial charge in [-0.15, -0.1) is 5.10 Å². The minimum Gasteiger partial charge on any atom is -0.393 e. The highest BCUT2D eigenvalue weighted by Gasteiger charge is 2.23. The number of carbonyl (C=O) groups is 1. The predicted molar refractivity (Wildman–Crippen MR) is 89.5 cm³/mol. The van der Waals surface area contributed by atoms with Gasteiger partial charge in [0.05, 0.1) is 6.10 Å². The molecule has 1 aliphatic carbocycles. The summed E-state index contributed by atoms with van der Waals surface area (Å²) in [5, 5.41) is 23.8. The summed E-state index contributed by atoms with van der Waals surface area (Å²) < 4.78 is 14.5. The van der Waals surface area contributed by atoms with E-state index in [0.717, 1.165) is 12.8 Å². The summed E-state index contributed by atoms with van der Waals surface area (Å²) in [5.74, 6) is -0.175. The van der Waals surface area contributed by atoms with Crippen LogP contribution in [-0.2, 0) is 4.79 Å². The van der Waals surface area contributed by atoms with Crippen LogP contribution in [0.1, 0.15) is 37.1 Å². The predicted octanol–water partition coefficient (Wildman–Crippen LogP) is 1.54. The van der Waals surface area contributed by atoms with E-state index in [1.807, 2.05) is 0 Å². The minimum absolute atomic E-state index is 0.00399. The van der Waals surface area contributed by atoms with Crippen LogP contribution in [0.3, 0.4) is 0 Å². The van der Waals surface area contributed by atoms with Crippen LogP contribution < -0.4 is 5.32 Å². The second-order valence-corrected chi connectivity index (χ2v) is 6.20. The van der Waals surface area contributed by atoms with Gasteiger partial charge in [0, 0.05) is 6.04 Å². The summed E-state index contributed by atoms with van der Waals surface area (Å²) in [5.41, 5.74) is 0.931. The average Bonchev–Trinajstić information content (AvgIpc) is 3.02. The maximum Gasteiger partial charge on any atom is 0.270 e. The number of amides is 1. The lowest BCUT2D eigenvalue weighted by Crippen LogP contribution is -2.39. The smallest absolute Gasteiger partial charge is 0.270 e. The van der Waals surface area contributed by atoms with Crippen LogP contribution in [0.5, 0.6) is 0 Å².